The lowest BCUT2D eigenvalue weighted by Gasteiger charge is -2.27. The smallest absolute Gasteiger partial charge is 0.119 e. The monoisotopic (exact) mass is 365 g/mol. The predicted molar refractivity (Wildman–Crippen MR) is 107 cm³/mol. The molecule has 2 N–H and O–H groups in total. The van der Waals surface area contributed by atoms with Crippen molar-refractivity contribution in [1.82, 2.24) is 14.9 Å². The van der Waals surface area contributed by atoms with Gasteiger partial charge in [0.25, 0.3) is 0 Å². The molecule has 1 fully saturated rings. The summed E-state index contributed by atoms with van der Waals surface area (Å²) in [6, 6.07) is 14.4. The number of fused-ring (bicyclic) bond motifs is 1. The Labute approximate surface area is 160 Å². The molecule has 5 heteroatoms. The summed E-state index contributed by atoms with van der Waals surface area (Å²) in [5, 5.41) is 11.0. The van der Waals surface area contributed by atoms with Crippen LogP contribution < -0.4 is 4.74 Å². The van der Waals surface area contributed by atoms with Gasteiger partial charge in [-0.2, -0.15) is 0 Å². The number of aryl methyl sites for hydroxylation is 1. The number of hydrogen-bond acceptors (Lipinski definition) is 4. The predicted octanol–water partition coefficient (Wildman–Crippen LogP) is 3.67. The summed E-state index contributed by atoms with van der Waals surface area (Å²) >= 11 is 0. The largest absolute Gasteiger partial charge is 0.491 e. The van der Waals surface area contributed by atoms with Gasteiger partial charge in [-0.05, 0) is 62.6 Å². The summed E-state index contributed by atoms with van der Waals surface area (Å²) in [7, 11) is 0. The van der Waals surface area contributed by atoms with E-state index in [-0.39, 0.29) is 0 Å². The number of H-pyrrole nitrogens is 1. The highest BCUT2D eigenvalue weighted by Gasteiger charge is 2.31. The number of rotatable bonds is 5. The van der Waals surface area contributed by atoms with E-state index < -0.39 is 5.60 Å². The van der Waals surface area contributed by atoms with Gasteiger partial charge in [-0.3, -0.25) is 4.90 Å². The molecule has 0 unspecified atom stereocenters. The first-order valence-corrected chi connectivity index (χ1v) is 9.66. The Kier molecular flexibility index (Phi) is 5.14. The molecule has 142 valence electrons. The Morgan fingerprint density at radius 2 is 2.00 bits per heavy atom. The first-order chi connectivity index (χ1) is 13.1. The first-order valence-electron chi connectivity index (χ1n) is 9.66. The van der Waals surface area contributed by atoms with E-state index in [9.17, 15) is 5.11 Å². The van der Waals surface area contributed by atoms with E-state index in [1.807, 2.05) is 24.3 Å². The molecule has 1 saturated heterocycles. The summed E-state index contributed by atoms with van der Waals surface area (Å²) < 4.78 is 5.87. The highest BCUT2D eigenvalue weighted by atomic mass is 16.5. The van der Waals surface area contributed by atoms with Gasteiger partial charge in [-0.25, -0.2) is 4.98 Å². The summed E-state index contributed by atoms with van der Waals surface area (Å²) in [4.78, 5) is 9.86. The van der Waals surface area contributed by atoms with Crippen molar-refractivity contribution in [3.63, 3.8) is 0 Å². The van der Waals surface area contributed by atoms with Gasteiger partial charge in [0, 0.05) is 13.1 Å². The van der Waals surface area contributed by atoms with Crippen molar-refractivity contribution < 1.29 is 9.84 Å². The van der Waals surface area contributed by atoms with E-state index >= 15 is 0 Å². The zero-order chi connectivity index (χ0) is 18.7. The molecule has 0 aliphatic carbocycles. The van der Waals surface area contributed by atoms with Gasteiger partial charge in [0.05, 0.1) is 23.0 Å². The number of nitrogens with zero attached hydrogens (tertiary/aromatic N) is 2. The molecule has 0 spiro atoms. The van der Waals surface area contributed by atoms with E-state index in [4.69, 9.17) is 4.74 Å². The summed E-state index contributed by atoms with van der Waals surface area (Å²) in [6.45, 7) is 5.16. The molecule has 1 aliphatic heterocycles. The van der Waals surface area contributed by atoms with E-state index in [1.54, 1.807) is 6.33 Å². The lowest BCUT2D eigenvalue weighted by Crippen LogP contribution is -2.37. The van der Waals surface area contributed by atoms with Crippen LogP contribution in [0.25, 0.3) is 11.0 Å². The van der Waals surface area contributed by atoms with Gasteiger partial charge in [-0.15, -0.1) is 0 Å². The average molecular weight is 365 g/mol. The molecule has 1 aromatic heterocycles. The molecule has 2 heterocycles. The van der Waals surface area contributed by atoms with Crippen molar-refractivity contribution in [2.24, 2.45) is 0 Å². The van der Waals surface area contributed by atoms with Gasteiger partial charge in [0.15, 0.2) is 0 Å². The van der Waals surface area contributed by atoms with Gasteiger partial charge in [-0.1, -0.05) is 23.8 Å². The van der Waals surface area contributed by atoms with Crippen LogP contribution in [0.5, 0.6) is 5.75 Å². The molecule has 27 heavy (non-hydrogen) atoms. The second-order valence-electron chi connectivity index (χ2n) is 7.71. The van der Waals surface area contributed by atoms with E-state index in [0.29, 0.717) is 6.61 Å². The van der Waals surface area contributed by atoms with Crippen molar-refractivity contribution in [1.29, 1.82) is 0 Å². The summed E-state index contributed by atoms with van der Waals surface area (Å²) in [5.41, 5.74) is 3.79. The third-order valence-corrected chi connectivity index (χ3v) is 5.43. The van der Waals surface area contributed by atoms with Gasteiger partial charge < -0.3 is 14.8 Å². The topological polar surface area (TPSA) is 61.4 Å². The zero-order valence-electron chi connectivity index (χ0n) is 15.8. The van der Waals surface area contributed by atoms with Crippen LogP contribution in [0.15, 0.2) is 48.8 Å². The van der Waals surface area contributed by atoms with Crippen molar-refractivity contribution in [2.75, 3.05) is 19.7 Å². The van der Waals surface area contributed by atoms with E-state index in [0.717, 1.165) is 55.7 Å². The Hall–Kier alpha value is -2.37. The van der Waals surface area contributed by atoms with Crippen LogP contribution in [0.3, 0.4) is 0 Å². The minimum Gasteiger partial charge on any atom is -0.491 e. The SMILES string of the molecule is Cc1ccc(OC[C@@]2(O)CCCN(Cc3ccc4nc[nH]c4c3)CC2)cc1. The fourth-order valence-electron chi connectivity index (χ4n) is 3.73. The molecule has 3 aromatic rings. The molecule has 0 saturated carbocycles. The number of aromatic amines is 1. The molecular weight excluding hydrogens is 338 g/mol. The van der Waals surface area contributed by atoms with Gasteiger partial charge in [0.2, 0.25) is 0 Å². The lowest BCUT2D eigenvalue weighted by atomic mass is 9.96. The van der Waals surface area contributed by atoms with Crippen LogP contribution in [0.1, 0.15) is 30.4 Å². The van der Waals surface area contributed by atoms with Gasteiger partial charge in [0.1, 0.15) is 12.4 Å². The summed E-state index contributed by atoms with van der Waals surface area (Å²) in [5.74, 6) is 0.822. The number of imidazole rings is 1. The molecular formula is C22H27N3O2. The van der Waals surface area contributed by atoms with Crippen LogP contribution in [0.4, 0.5) is 0 Å². The van der Waals surface area contributed by atoms with Crippen LogP contribution in [0, 0.1) is 6.92 Å². The Bertz CT molecular complexity index is 890. The Morgan fingerprint density at radius 3 is 2.85 bits per heavy atom. The zero-order valence-corrected chi connectivity index (χ0v) is 15.8. The minimum atomic E-state index is -0.757. The minimum absolute atomic E-state index is 0.351. The maximum atomic E-state index is 11.0. The fourth-order valence-corrected chi connectivity index (χ4v) is 3.73. The number of likely N-dealkylation sites (tertiary alicyclic amines) is 1. The Morgan fingerprint density at radius 1 is 1.15 bits per heavy atom. The first kappa shape index (κ1) is 18.0. The third-order valence-electron chi connectivity index (χ3n) is 5.43. The second-order valence-corrected chi connectivity index (χ2v) is 7.71. The van der Waals surface area contributed by atoms with Crippen molar-refractivity contribution >= 4 is 11.0 Å². The molecule has 1 atom stereocenters. The van der Waals surface area contributed by atoms with Crippen LogP contribution in [-0.2, 0) is 6.54 Å². The molecule has 0 radical (unpaired) electrons. The van der Waals surface area contributed by atoms with Crippen LogP contribution >= 0.6 is 0 Å². The fraction of sp³-hybridized carbons (Fsp3) is 0.409. The number of benzene rings is 2. The lowest BCUT2D eigenvalue weighted by molar-refractivity contribution is -0.0168. The van der Waals surface area contributed by atoms with Crippen molar-refractivity contribution in [2.45, 2.75) is 38.3 Å². The summed E-state index contributed by atoms with van der Waals surface area (Å²) in [6.07, 6.45) is 4.20. The number of nitrogens with one attached hydrogen (secondary N) is 1. The highest BCUT2D eigenvalue weighted by molar-refractivity contribution is 5.74. The maximum Gasteiger partial charge on any atom is 0.119 e. The van der Waals surface area contributed by atoms with E-state index in [2.05, 4.69) is 40.0 Å². The molecule has 1 aliphatic rings. The quantitative estimate of drug-likeness (QED) is 0.724. The number of hydrogen-bond donors (Lipinski definition) is 2. The molecule has 4 rings (SSSR count). The standard InChI is InChI=1S/C22H27N3O2/c1-17-3-6-19(7-4-17)27-15-22(26)9-2-11-25(12-10-22)14-18-5-8-20-21(13-18)24-16-23-20/h3-8,13,16,26H,2,9-12,14-15H2,1H3,(H,23,24)/t22-/m1/s1. The third kappa shape index (κ3) is 4.49. The number of aromatic nitrogens is 2. The molecule has 0 bridgehead atoms. The maximum absolute atomic E-state index is 11.0. The van der Waals surface area contributed by atoms with Gasteiger partial charge >= 0.3 is 0 Å². The average Bonchev–Trinajstić information content (AvgIpc) is 3.05. The number of aliphatic hydroxyl groups is 1. The van der Waals surface area contributed by atoms with E-state index in [1.165, 1.54) is 11.1 Å². The van der Waals surface area contributed by atoms with Crippen LogP contribution in [0.2, 0.25) is 0 Å². The van der Waals surface area contributed by atoms with Crippen molar-refractivity contribution in [3.05, 3.63) is 59.9 Å². The molecule has 5 nitrogen and oxygen atoms in total. The Balaban J connectivity index is 1.34. The van der Waals surface area contributed by atoms with Crippen LogP contribution in [-0.4, -0.2) is 45.3 Å². The highest BCUT2D eigenvalue weighted by Crippen LogP contribution is 2.25. The second kappa shape index (κ2) is 7.71. The normalized spacial score (nSPS) is 21.3. The number of ether oxygens (including phenoxy) is 1. The van der Waals surface area contributed by atoms with Crippen molar-refractivity contribution in [3.8, 4) is 5.75 Å². The molecule has 0 amide bonds. The molecule has 2 aromatic carbocycles.